The summed E-state index contributed by atoms with van der Waals surface area (Å²) in [5, 5.41) is 2.73. The fourth-order valence-electron chi connectivity index (χ4n) is 2.17. The lowest BCUT2D eigenvalue weighted by molar-refractivity contribution is 0.0526. The molecule has 3 rings (SSSR count). The van der Waals surface area contributed by atoms with Gasteiger partial charge in [0, 0.05) is 5.69 Å². The minimum atomic E-state index is -0.393. The Morgan fingerprint density at radius 3 is 2.46 bits per heavy atom. The number of fused-ring (bicyclic) bond motifs is 1. The third-order valence-electron chi connectivity index (χ3n) is 3.34. The van der Waals surface area contributed by atoms with E-state index in [-0.39, 0.29) is 11.6 Å². The molecule has 0 unspecified atom stereocenters. The van der Waals surface area contributed by atoms with E-state index in [1.165, 1.54) is 6.20 Å². The number of hydrogen-bond acceptors (Lipinski definition) is 5. The van der Waals surface area contributed by atoms with Crippen LogP contribution in [0, 0.1) is 0 Å². The molecule has 0 radical (unpaired) electrons. The molecule has 120 valence electrons. The van der Waals surface area contributed by atoms with E-state index in [1.807, 2.05) is 18.2 Å². The van der Waals surface area contributed by atoms with Crippen LogP contribution in [0.2, 0.25) is 0 Å². The molecule has 24 heavy (non-hydrogen) atoms. The topological polar surface area (TPSA) is 81.2 Å². The Balaban J connectivity index is 1.74. The zero-order chi connectivity index (χ0) is 16.9. The van der Waals surface area contributed by atoms with Crippen LogP contribution in [0.15, 0.2) is 54.7 Å². The highest BCUT2D eigenvalue weighted by molar-refractivity contribution is 6.03. The molecule has 0 bridgehead atoms. The standard InChI is InChI=1S/C18H15N3O3/c1-2-24-18(23)12-7-9-13(10-8-12)20-17(22)16-11-19-14-5-3-4-6-15(14)21-16/h3-11H,2H2,1H3,(H,20,22). The Kier molecular flexibility index (Phi) is 4.47. The van der Waals surface area contributed by atoms with Crippen molar-refractivity contribution in [2.45, 2.75) is 6.92 Å². The molecular formula is C18H15N3O3. The maximum Gasteiger partial charge on any atom is 0.338 e. The van der Waals surface area contributed by atoms with E-state index in [2.05, 4.69) is 15.3 Å². The quantitative estimate of drug-likeness (QED) is 0.747. The minimum absolute atomic E-state index is 0.225. The maximum atomic E-state index is 12.3. The highest BCUT2D eigenvalue weighted by atomic mass is 16.5. The van der Waals surface area contributed by atoms with E-state index in [4.69, 9.17) is 4.74 Å². The van der Waals surface area contributed by atoms with E-state index in [0.29, 0.717) is 23.4 Å². The summed E-state index contributed by atoms with van der Waals surface area (Å²) in [6, 6.07) is 13.8. The molecule has 0 aliphatic heterocycles. The molecule has 2 aromatic carbocycles. The Morgan fingerprint density at radius 2 is 1.75 bits per heavy atom. The number of esters is 1. The second-order valence-corrected chi connectivity index (χ2v) is 5.00. The zero-order valence-electron chi connectivity index (χ0n) is 13.0. The van der Waals surface area contributed by atoms with Crippen molar-refractivity contribution in [2.75, 3.05) is 11.9 Å². The SMILES string of the molecule is CCOC(=O)c1ccc(NC(=O)c2cnc3ccccc3n2)cc1. The van der Waals surface area contributed by atoms with E-state index in [1.54, 1.807) is 37.3 Å². The molecule has 3 aromatic rings. The summed E-state index contributed by atoms with van der Waals surface area (Å²) in [5.74, 6) is -0.757. The molecule has 0 aliphatic carbocycles. The third kappa shape index (κ3) is 3.38. The summed E-state index contributed by atoms with van der Waals surface area (Å²) in [6.45, 7) is 2.06. The Labute approximate surface area is 138 Å². The molecule has 1 amide bonds. The van der Waals surface area contributed by atoms with Crippen molar-refractivity contribution < 1.29 is 14.3 Å². The molecule has 0 saturated heterocycles. The summed E-state index contributed by atoms with van der Waals surface area (Å²) in [4.78, 5) is 32.4. The largest absolute Gasteiger partial charge is 0.462 e. The summed E-state index contributed by atoms with van der Waals surface area (Å²) in [6.07, 6.45) is 1.44. The van der Waals surface area contributed by atoms with Crippen LogP contribution in [0.1, 0.15) is 27.8 Å². The second-order valence-electron chi connectivity index (χ2n) is 5.00. The summed E-state index contributed by atoms with van der Waals surface area (Å²) < 4.78 is 4.91. The van der Waals surface area contributed by atoms with Crippen molar-refractivity contribution in [3.8, 4) is 0 Å². The van der Waals surface area contributed by atoms with Crippen molar-refractivity contribution in [1.29, 1.82) is 0 Å². The Hall–Kier alpha value is -3.28. The van der Waals surface area contributed by atoms with E-state index >= 15 is 0 Å². The number of amides is 1. The van der Waals surface area contributed by atoms with Crippen molar-refractivity contribution in [3.63, 3.8) is 0 Å². The number of nitrogens with one attached hydrogen (secondary N) is 1. The fourth-order valence-corrected chi connectivity index (χ4v) is 2.17. The van der Waals surface area contributed by atoms with Gasteiger partial charge in [0.1, 0.15) is 5.69 Å². The van der Waals surface area contributed by atoms with Gasteiger partial charge in [0.25, 0.3) is 5.91 Å². The average Bonchev–Trinajstić information content (AvgIpc) is 2.62. The summed E-state index contributed by atoms with van der Waals surface area (Å²) in [7, 11) is 0. The second kappa shape index (κ2) is 6.87. The predicted octanol–water partition coefficient (Wildman–Crippen LogP) is 3.06. The van der Waals surface area contributed by atoms with Crippen LogP contribution in [-0.4, -0.2) is 28.5 Å². The van der Waals surface area contributed by atoms with Gasteiger partial charge < -0.3 is 10.1 Å². The lowest BCUT2D eigenvalue weighted by Gasteiger charge is -2.06. The number of carbonyl (C=O) groups is 2. The van der Waals surface area contributed by atoms with E-state index in [0.717, 1.165) is 5.52 Å². The lowest BCUT2D eigenvalue weighted by Crippen LogP contribution is -2.14. The van der Waals surface area contributed by atoms with Crippen molar-refractivity contribution in [2.24, 2.45) is 0 Å². The zero-order valence-corrected chi connectivity index (χ0v) is 13.0. The van der Waals surface area contributed by atoms with Gasteiger partial charge in [-0.1, -0.05) is 12.1 Å². The van der Waals surface area contributed by atoms with Crippen LogP contribution < -0.4 is 5.32 Å². The van der Waals surface area contributed by atoms with Crippen LogP contribution in [0.5, 0.6) is 0 Å². The highest BCUT2D eigenvalue weighted by Gasteiger charge is 2.11. The molecule has 1 heterocycles. The number of para-hydroxylation sites is 2. The van der Waals surface area contributed by atoms with Gasteiger partial charge in [0.2, 0.25) is 0 Å². The molecule has 1 aromatic heterocycles. The van der Waals surface area contributed by atoms with E-state index in [9.17, 15) is 9.59 Å². The van der Waals surface area contributed by atoms with Gasteiger partial charge >= 0.3 is 5.97 Å². The first kappa shape index (κ1) is 15.6. The monoisotopic (exact) mass is 321 g/mol. The number of hydrogen-bond donors (Lipinski definition) is 1. The number of nitrogens with zero attached hydrogens (tertiary/aromatic N) is 2. The smallest absolute Gasteiger partial charge is 0.338 e. The van der Waals surface area contributed by atoms with Crippen LogP contribution in [0.4, 0.5) is 5.69 Å². The highest BCUT2D eigenvalue weighted by Crippen LogP contribution is 2.13. The van der Waals surface area contributed by atoms with Crippen molar-refractivity contribution >= 4 is 28.6 Å². The van der Waals surface area contributed by atoms with Gasteiger partial charge in [-0.3, -0.25) is 9.78 Å². The number of carbonyl (C=O) groups excluding carboxylic acids is 2. The fraction of sp³-hybridized carbons (Fsp3) is 0.111. The third-order valence-corrected chi connectivity index (χ3v) is 3.34. The molecule has 1 N–H and O–H groups in total. The van der Waals surface area contributed by atoms with Crippen LogP contribution in [0.3, 0.4) is 0 Å². The average molecular weight is 321 g/mol. The van der Waals surface area contributed by atoms with Crippen molar-refractivity contribution in [1.82, 2.24) is 9.97 Å². The number of benzene rings is 2. The number of ether oxygens (including phenoxy) is 1. The Bertz CT molecular complexity index is 891. The first-order chi connectivity index (χ1) is 11.7. The maximum absolute atomic E-state index is 12.3. The number of aromatic nitrogens is 2. The molecular weight excluding hydrogens is 306 g/mol. The van der Waals surface area contributed by atoms with Crippen LogP contribution in [-0.2, 0) is 4.74 Å². The number of rotatable bonds is 4. The summed E-state index contributed by atoms with van der Waals surface area (Å²) in [5.41, 5.74) is 2.60. The summed E-state index contributed by atoms with van der Waals surface area (Å²) >= 11 is 0. The normalized spacial score (nSPS) is 10.4. The molecule has 6 heteroatoms. The predicted molar refractivity (Wildman–Crippen MR) is 89.9 cm³/mol. The van der Waals surface area contributed by atoms with Gasteiger partial charge in [0.15, 0.2) is 0 Å². The molecule has 0 fully saturated rings. The molecule has 0 saturated carbocycles. The molecule has 0 spiro atoms. The minimum Gasteiger partial charge on any atom is -0.462 e. The number of anilines is 1. The molecule has 6 nitrogen and oxygen atoms in total. The van der Waals surface area contributed by atoms with Gasteiger partial charge in [0.05, 0.1) is 29.4 Å². The van der Waals surface area contributed by atoms with E-state index < -0.39 is 5.97 Å². The molecule has 0 atom stereocenters. The van der Waals surface area contributed by atoms with Crippen LogP contribution >= 0.6 is 0 Å². The lowest BCUT2D eigenvalue weighted by atomic mass is 10.2. The molecule has 0 aliphatic rings. The van der Waals surface area contributed by atoms with Gasteiger partial charge in [-0.2, -0.15) is 0 Å². The first-order valence-electron chi connectivity index (χ1n) is 7.47. The first-order valence-corrected chi connectivity index (χ1v) is 7.47. The van der Waals surface area contributed by atoms with Crippen LogP contribution in [0.25, 0.3) is 11.0 Å². The van der Waals surface area contributed by atoms with Gasteiger partial charge in [-0.25, -0.2) is 9.78 Å². The van der Waals surface area contributed by atoms with Crippen molar-refractivity contribution in [3.05, 3.63) is 66.0 Å². The van der Waals surface area contributed by atoms with Gasteiger partial charge in [-0.05, 0) is 43.3 Å². The van der Waals surface area contributed by atoms with Gasteiger partial charge in [-0.15, -0.1) is 0 Å². The Morgan fingerprint density at radius 1 is 1.04 bits per heavy atom.